The summed E-state index contributed by atoms with van der Waals surface area (Å²) in [5, 5.41) is 0. The van der Waals surface area contributed by atoms with Crippen LogP contribution in [-0.4, -0.2) is 18.4 Å². The number of allylic oxidation sites excluding steroid dienone is 3. The van der Waals surface area contributed by atoms with Crippen molar-refractivity contribution >= 4 is 47.3 Å². The number of pyridine rings is 1. The van der Waals surface area contributed by atoms with Crippen molar-refractivity contribution in [3.63, 3.8) is 0 Å². The highest BCUT2D eigenvalue weighted by molar-refractivity contribution is 8.00. The number of ether oxygens (including phenoxy) is 1. The van der Waals surface area contributed by atoms with Gasteiger partial charge in [0, 0.05) is 32.5 Å². The van der Waals surface area contributed by atoms with Gasteiger partial charge in [0.2, 0.25) is 0 Å². The van der Waals surface area contributed by atoms with Crippen LogP contribution in [0.15, 0.2) is 99.9 Å². The van der Waals surface area contributed by atoms with Crippen LogP contribution in [0.25, 0.3) is 17.0 Å². The summed E-state index contributed by atoms with van der Waals surface area (Å²) >= 11 is 1.85. The van der Waals surface area contributed by atoms with E-state index in [1.807, 2.05) is 55.2 Å². The summed E-state index contributed by atoms with van der Waals surface area (Å²) < 4.78 is 6.80. The molecular weight excluding hydrogens is 471 g/mol. The Morgan fingerprint density at radius 1 is 0.973 bits per heavy atom. The molecule has 0 N–H and O–H groups in total. The van der Waals surface area contributed by atoms with Gasteiger partial charge in [-0.15, -0.1) is 0 Å². The smallest absolute Gasteiger partial charge is 0.254 e. The summed E-state index contributed by atoms with van der Waals surface area (Å²) in [5.41, 5.74) is 10.3. The highest BCUT2D eigenvalue weighted by atomic mass is 32.2. The van der Waals surface area contributed by atoms with E-state index in [4.69, 9.17) is 4.74 Å². The van der Waals surface area contributed by atoms with Crippen LogP contribution in [0.5, 0.6) is 11.5 Å². The zero-order valence-electron chi connectivity index (χ0n) is 21.1. The zero-order valence-corrected chi connectivity index (χ0v) is 21.9. The number of aliphatic imine (C=N–C) groups is 1. The first-order valence-corrected chi connectivity index (χ1v) is 13.4. The molecule has 0 saturated heterocycles. The molecule has 37 heavy (non-hydrogen) atoms. The fourth-order valence-electron chi connectivity index (χ4n) is 6.13. The third kappa shape index (κ3) is 3.17. The van der Waals surface area contributed by atoms with Crippen LogP contribution in [0.1, 0.15) is 37.5 Å². The molecule has 5 heteroatoms. The van der Waals surface area contributed by atoms with Gasteiger partial charge >= 0.3 is 0 Å². The van der Waals surface area contributed by atoms with Gasteiger partial charge < -0.3 is 4.74 Å². The molecule has 3 aromatic carbocycles. The van der Waals surface area contributed by atoms with E-state index >= 15 is 0 Å². The molecule has 0 radical (unpaired) electrons. The average molecular weight is 496 g/mol. The largest absolute Gasteiger partial charge is 0.458 e. The molecule has 0 aliphatic carbocycles. The first-order chi connectivity index (χ1) is 18.0. The molecule has 3 aliphatic heterocycles. The van der Waals surface area contributed by atoms with Gasteiger partial charge in [-0.05, 0) is 84.2 Å². The van der Waals surface area contributed by atoms with Crippen molar-refractivity contribution in [2.45, 2.75) is 36.0 Å². The topological polar surface area (TPSA) is 34.5 Å². The Morgan fingerprint density at radius 3 is 2.62 bits per heavy atom. The van der Waals surface area contributed by atoms with E-state index in [0.717, 1.165) is 34.0 Å². The molecule has 0 unspecified atom stereocenters. The molecule has 0 saturated carbocycles. The minimum Gasteiger partial charge on any atom is -0.458 e. The lowest BCUT2D eigenvalue weighted by Crippen LogP contribution is -2.64. The van der Waals surface area contributed by atoms with Crippen LogP contribution < -0.4 is 21.1 Å². The number of nitrogens with zero attached hydrogens (tertiary/aromatic N) is 2. The molecule has 3 aliphatic rings. The van der Waals surface area contributed by atoms with Crippen LogP contribution in [-0.2, 0) is 5.41 Å². The molecular formula is C32H25BN2OS. The summed E-state index contributed by atoms with van der Waals surface area (Å²) in [7, 11) is 0. The molecule has 0 fully saturated rings. The summed E-state index contributed by atoms with van der Waals surface area (Å²) in [5.74, 6) is 1.82. The molecule has 7 rings (SSSR count). The van der Waals surface area contributed by atoms with E-state index in [2.05, 4.69) is 79.1 Å². The van der Waals surface area contributed by atoms with E-state index in [1.165, 1.54) is 37.3 Å². The second-order valence-electron chi connectivity index (χ2n) is 10.3. The average Bonchev–Trinajstić information content (AvgIpc) is 2.92. The van der Waals surface area contributed by atoms with Gasteiger partial charge in [0.15, 0.2) is 0 Å². The predicted octanol–water partition coefficient (Wildman–Crippen LogP) is 6.09. The minimum atomic E-state index is -0.179. The molecule has 4 aromatic rings. The fourth-order valence-corrected chi connectivity index (χ4v) is 7.36. The minimum absolute atomic E-state index is 0.149. The third-order valence-electron chi connectivity index (χ3n) is 7.84. The second kappa shape index (κ2) is 8.09. The SMILES string of the molecule is C=N/C(=C\C=C/C)c1cc2c3c(c1)C(C)(C)c1cccc4c1B3c1c(cc(-c3ccccn3)cc1S4)O2. The van der Waals surface area contributed by atoms with Crippen LogP contribution in [0.3, 0.4) is 0 Å². The van der Waals surface area contributed by atoms with Crippen molar-refractivity contribution in [3.8, 4) is 22.8 Å². The van der Waals surface area contributed by atoms with Crippen LogP contribution in [0, 0.1) is 0 Å². The predicted molar refractivity (Wildman–Crippen MR) is 156 cm³/mol. The molecule has 0 spiro atoms. The van der Waals surface area contributed by atoms with E-state index < -0.39 is 0 Å². The Bertz CT molecular complexity index is 1690. The highest BCUT2D eigenvalue weighted by Crippen LogP contribution is 2.46. The van der Waals surface area contributed by atoms with Crippen molar-refractivity contribution < 1.29 is 4.74 Å². The van der Waals surface area contributed by atoms with Gasteiger partial charge in [-0.2, -0.15) is 0 Å². The van der Waals surface area contributed by atoms with Gasteiger partial charge in [-0.25, -0.2) is 0 Å². The lowest BCUT2D eigenvalue weighted by Gasteiger charge is -2.44. The Labute approximate surface area is 222 Å². The van der Waals surface area contributed by atoms with Gasteiger partial charge in [0.1, 0.15) is 11.5 Å². The van der Waals surface area contributed by atoms with Gasteiger partial charge in [-0.3, -0.25) is 9.98 Å². The molecule has 178 valence electrons. The lowest BCUT2D eigenvalue weighted by atomic mass is 9.30. The van der Waals surface area contributed by atoms with E-state index in [1.54, 1.807) is 0 Å². The fraction of sp³-hybridized carbons (Fsp3) is 0.125. The number of hydrogen-bond donors (Lipinski definition) is 0. The van der Waals surface area contributed by atoms with Crippen molar-refractivity contribution in [1.29, 1.82) is 0 Å². The standard InChI is InChI=1S/C32H25BN2OS/c1-5-6-11-23(34-4)19-15-22-29-25(16-19)36-26-17-20(24-12-7-8-14-35-24)18-28-31(26)33(29)30-21(32(22,2)3)10-9-13-27(30)37-28/h5-18H,4H2,1-3H3/b6-5-,23-11-. The number of hydrogen-bond acceptors (Lipinski definition) is 4. The Kier molecular flexibility index (Phi) is 4.89. The molecule has 3 nitrogen and oxygen atoms in total. The van der Waals surface area contributed by atoms with Crippen LogP contribution in [0.2, 0.25) is 0 Å². The number of aromatic nitrogens is 1. The molecule has 0 amide bonds. The van der Waals surface area contributed by atoms with Crippen molar-refractivity contribution in [2.75, 3.05) is 0 Å². The van der Waals surface area contributed by atoms with Crippen LogP contribution in [0.4, 0.5) is 0 Å². The maximum absolute atomic E-state index is 6.80. The van der Waals surface area contributed by atoms with E-state index in [9.17, 15) is 0 Å². The lowest BCUT2D eigenvalue weighted by molar-refractivity contribution is 0.483. The monoisotopic (exact) mass is 496 g/mol. The third-order valence-corrected chi connectivity index (χ3v) is 8.97. The second-order valence-corrected chi connectivity index (χ2v) is 11.3. The Balaban J connectivity index is 1.54. The quantitative estimate of drug-likeness (QED) is 0.168. The Morgan fingerprint density at radius 2 is 1.84 bits per heavy atom. The molecule has 0 atom stereocenters. The summed E-state index contributed by atoms with van der Waals surface area (Å²) in [6.45, 7) is 10.7. The number of rotatable bonds is 4. The normalized spacial score (nSPS) is 15.9. The first-order valence-electron chi connectivity index (χ1n) is 12.6. The first kappa shape index (κ1) is 22.4. The van der Waals surface area contributed by atoms with Crippen LogP contribution >= 0.6 is 11.8 Å². The van der Waals surface area contributed by atoms with Gasteiger partial charge in [0.25, 0.3) is 6.71 Å². The summed E-state index contributed by atoms with van der Waals surface area (Å²) in [4.78, 5) is 11.6. The van der Waals surface area contributed by atoms with E-state index in [0.29, 0.717) is 0 Å². The van der Waals surface area contributed by atoms with Gasteiger partial charge in [0.05, 0.1) is 11.4 Å². The zero-order chi connectivity index (χ0) is 25.3. The number of benzene rings is 3. The maximum Gasteiger partial charge on any atom is 0.254 e. The molecule has 4 heterocycles. The summed E-state index contributed by atoms with van der Waals surface area (Å²) in [6.07, 6.45) is 7.85. The molecule has 1 aromatic heterocycles. The van der Waals surface area contributed by atoms with Gasteiger partial charge in [-0.1, -0.05) is 61.4 Å². The van der Waals surface area contributed by atoms with E-state index in [-0.39, 0.29) is 12.1 Å². The summed E-state index contributed by atoms with van der Waals surface area (Å²) in [6, 6.07) is 21.7. The van der Waals surface area contributed by atoms with Crippen molar-refractivity contribution in [1.82, 2.24) is 4.98 Å². The molecule has 0 bridgehead atoms. The van der Waals surface area contributed by atoms with Crippen molar-refractivity contribution in [3.05, 3.63) is 102 Å². The maximum atomic E-state index is 6.80. The Hall–Kier alpha value is -3.83. The highest BCUT2D eigenvalue weighted by Gasteiger charge is 2.49. The van der Waals surface area contributed by atoms with Crippen molar-refractivity contribution in [2.24, 2.45) is 4.99 Å².